The molecule has 0 amide bonds. The molecule has 9 nitrogen and oxygen atoms in total. The zero-order valence-electron chi connectivity index (χ0n) is 11.6. The Morgan fingerprint density at radius 2 is 2.23 bits per heavy atom. The number of hydrogen-bond acceptors (Lipinski definition) is 7. The lowest BCUT2D eigenvalue weighted by Crippen LogP contribution is -2.18. The lowest BCUT2D eigenvalue weighted by molar-refractivity contribution is 0.671. The van der Waals surface area contributed by atoms with Gasteiger partial charge in [-0.2, -0.15) is 4.98 Å². The van der Waals surface area contributed by atoms with Crippen LogP contribution in [-0.2, 0) is 16.3 Å². The lowest BCUT2D eigenvalue weighted by atomic mass is 10.3. The molecule has 22 heavy (non-hydrogen) atoms. The van der Waals surface area contributed by atoms with Crippen LogP contribution in [0.5, 0.6) is 0 Å². The smallest absolute Gasteiger partial charge is 0.328 e. The van der Waals surface area contributed by atoms with Crippen molar-refractivity contribution in [3.63, 3.8) is 0 Å². The Labute approximate surface area is 125 Å². The second-order valence-electron chi connectivity index (χ2n) is 4.81. The van der Waals surface area contributed by atoms with Gasteiger partial charge in [-0.25, -0.2) is 18.8 Å². The van der Waals surface area contributed by atoms with Crippen molar-refractivity contribution in [2.24, 2.45) is 0 Å². The van der Waals surface area contributed by atoms with E-state index in [1.165, 1.54) is 10.8 Å². The zero-order valence-corrected chi connectivity index (χ0v) is 12.4. The van der Waals surface area contributed by atoms with Crippen molar-refractivity contribution in [1.29, 1.82) is 4.78 Å². The van der Waals surface area contributed by atoms with Crippen LogP contribution in [0.2, 0.25) is 0 Å². The summed E-state index contributed by atoms with van der Waals surface area (Å²) in [4.78, 5) is 26.6. The minimum atomic E-state index is -3.14. The third-order valence-corrected chi connectivity index (χ3v) is 3.92. The maximum Gasteiger partial charge on any atom is 0.328 e. The van der Waals surface area contributed by atoms with E-state index in [9.17, 15) is 9.00 Å². The van der Waals surface area contributed by atoms with E-state index in [0.717, 1.165) is 5.56 Å². The summed E-state index contributed by atoms with van der Waals surface area (Å²) in [5.41, 5.74) is 6.65. The highest BCUT2D eigenvalue weighted by Crippen LogP contribution is 2.17. The third-order valence-electron chi connectivity index (χ3n) is 3.04. The van der Waals surface area contributed by atoms with Gasteiger partial charge in [-0.1, -0.05) is 6.07 Å². The first-order chi connectivity index (χ1) is 10.4. The van der Waals surface area contributed by atoms with E-state index in [1.54, 1.807) is 18.5 Å². The Kier molecular flexibility index (Phi) is 3.17. The molecule has 0 aromatic carbocycles. The molecule has 0 saturated carbocycles. The van der Waals surface area contributed by atoms with Gasteiger partial charge in [-0.3, -0.25) is 9.55 Å². The Morgan fingerprint density at radius 3 is 2.86 bits per heavy atom. The van der Waals surface area contributed by atoms with Gasteiger partial charge in [0.2, 0.25) is 5.16 Å². The summed E-state index contributed by atoms with van der Waals surface area (Å²) in [6.45, 7) is 0.228. The number of imidazole rings is 1. The fourth-order valence-corrected chi connectivity index (χ4v) is 2.56. The number of nitrogens with two attached hydrogens (primary N) is 1. The highest BCUT2D eigenvalue weighted by Gasteiger charge is 2.17. The first-order valence-electron chi connectivity index (χ1n) is 6.25. The van der Waals surface area contributed by atoms with E-state index >= 15 is 0 Å². The van der Waals surface area contributed by atoms with Gasteiger partial charge in [0.15, 0.2) is 11.5 Å². The molecule has 3 aromatic rings. The molecule has 0 aliphatic heterocycles. The maximum atomic E-state index is 12.1. The van der Waals surface area contributed by atoms with Crippen molar-refractivity contribution >= 4 is 26.7 Å². The molecule has 0 bridgehead atoms. The van der Waals surface area contributed by atoms with Crippen LogP contribution in [0.1, 0.15) is 5.56 Å². The van der Waals surface area contributed by atoms with Crippen molar-refractivity contribution in [2.75, 3.05) is 12.0 Å². The molecule has 0 saturated heterocycles. The van der Waals surface area contributed by atoms with Gasteiger partial charge in [0.25, 0.3) is 0 Å². The van der Waals surface area contributed by atoms with Crippen LogP contribution in [0.15, 0.2) is 34.5 Å². The van der Waals surface area contributed by atoms with Crippen LogP contribution in [0.4, 0.5) is 5.82 Å². The minimum absolute atomic E-state index is 0.0103. The second kappa shape index (κ2) is 4.91. The molecule has 3 aromatic heterocycles. The number of nitrogen functional groups attached to an aromatic ring is 1. The Morgan fingerprint density at radius 1 is 1.45 bits per heavy atom. The molecule has 0 unspecified atom stereocenters. The molecule has 114 valence electrons. The summed E-state index contributed by atoms with van der Waals surface area (Å²) in [5.74, 6) is -0.0103. The normalized spacial score (nSPS) is 14.0. The van der Waals surface area contributed by atoms with Crippen LogP contribution < -0.4 is 11.4 Å². The van der Waals surface area contributed by atoms with Gasteiger partial charge in [0.05, 0.1) is 6.54 Å². The zero-order chi connectivity index (χ0) is 15.9. The van der Waals surface area contributed by atoms with Gasteiger partial charge in [0.1, 0.15) is 15.2 Å². The van der Waals surface area contributed by atoms with E-state index in [1.807, 2.05) is 6.07 Å². The van der Waals surface area contributed by atoms with Crippen molar-refractivity contribution in [1.82, 2.24) is 24.5 Å². The van der Waals surface area contributed by atoms with E-state index < -0.39 is 15.4 Å². The topological polar surface area (TPSA) is 143 Å². The standard InChI is InChI=1S/C12H13N7O2S/c1-22(14,21)11-17-9(13)8-10(18-11)19(12(20)16-8)6-7-3-2-4-15-5-7/h2-5,14H,6H2,1H3,(H,16,20)(H2,13,17,18)/t22-/m1/s1. The fraction of sp³-hybridized carbons (Fsp3) is 0.167. The van der Waals surface area contributed by atoms with Crippen LogP contribution >= 0.6 is 0 Å². The monoisotopic (exact) mass is 319 g/mol. The van der Waals surface area contributed by atoms with Gasteiger partial charge in [-0.15, -0.1) is 0 Å². The number of H-pyrrole nitrogens is 1. The van der Waals surface area contributed by atoms with E-state index in [-0.39, 0.29) is 28.7 Å². The molecule has 0 aliphatic rings. The van der Waals surface area contributed by atoms with Gasteiger partial charge >= 0.3 is 5.69 Å². The fourth-order valence-electron chi connectivity index (χ4n) is 2.03. The van der Waals surface area contributed by atoms with Crippen molar-refractivity contribution < 1.29 is 4.21 Å². The molecule has 3 heterocycles. The van der Waals surface area contributed by atoms with Crippen LogP contribution in [0.3, 0.4) is 0 Å². The summed E-state index contributed by atoms with van der Waals surface area (Å²) < 4.78 is 20.8. The summed E-state index contributed by atoms with van der Waals surface area (Å²) in [5, 5.41) is -0.198. The summed E-state index contributed by atoms with van der Waals surface area (Å²) in [6.07, 6.45) is 4.46. The molecule has 0 aliphatic carbocycles. The maximum absolute atomic E-state index is 12.1. The quantitative estimate of drug-likeness (QED) is 0.587. The SMILES string of the molecule is C[S@@](=N)(=O)c1nc(N)c2[nH]c(=O)n(Cc3cccnc3)c2n1. The number of nitrogens with zero attached hydrogens (tertiary/aromatic N) is 4. The van der Waals surface area contributed by atoms with E-state index in [0.29, 0.717) is 0 Å². The highest BCUT2D eigenvalue weighted by molar-refractivity contribution is 7.91. The Hall–Kier alpha value is -2.75. The molecule has 3 rings (SSSR count). The molecule has 10 heteroatoms. The number of rotatable bonds is 3. The van der Waals surface area contributed by atoms with Crippen LogP contribution in [0, 0.1) is 4.78 Å². The molecule has 4 N–H and O–H groups in total. The largest absolute Gasteiger partial charge is 0.382 e. The average Bonchev–Trinajstić information content (AvgIpc) is 2.77. The summed E-state index contributed by atoms with van der Waals surface area (Å²) in [6, 6.07) is 3.57. The predicted octanol–water partition coefficient (Wildman–Crippen LogP) is 0.181. The van der Waals surface area contributed by atoms with Gasteiger partial charge < -0.3 is 10.7 Å². The number of aromatic nitrogens is 5. The van der Waals surface area contributed by atoms with Gasteiger partial charge in [-0.05, 0) is 11.6 Å². The number of fused-ring (bicyclic) bond motifs is 1. The Balaban J connectivity index is 2.24. The molecule has 0 fully saturated rings. The molecule has 1 atom stereocenters. The van der Waals surface area contributed by atoms with E-state index in [2.05, 4.69) is 19.9 Å². The van der Waals surface area contributed by atoms with Crippen molar-refractivity contribution in [3.8, 4) is 0 Å². The lowest BCUT2D eigenvalue weighted by Gasteiger charge is -2.05. The molecular weight excluding hydrogens is 306 g/mol. The van der Waals surface area contributed by atoms with Crippen LogP contribution in [0.25, 0.3) is 11.2 Å². The Bertz CT molecular complexity index is 1010. The van der Waals surface area contributed by atoms with Crippen molar-refractivity contribution in [3.05, 3.63) is 40.6 Å². The van der Waals surface area contributed by atoms with Gasteiger partial charge in [0, 0.05) is 18.6 Å². The molecule has 0 spiro atoms. The second-order valence-corrected chi connectivity index (χ2v) is 6.86. The summed E-state index contributed by atoms with van der Waals surface area (Å²) >= 11 is 0. The van der Waals surface area contributed by atoms with Crippen LogP contribution in [-0.4, -0.2) is 35.0 Å². The number of pyridine rings is 1. The number of anilines is 1. The average molecular weight is 319 g/mol. The molecule has 0 radical (unpaired) electrons. The van der Waals surface area contributed by atoms with Crippen molar-refractivity contribution in [2.45, 2.75) is 11.7 Å². The third kappa shape index (κ3) is 2.44. The number of hydrogen-bond donors (Lipinski definition) is 3. The predicted molar refractivity (Wildman–Crippen MR) is 81.0 cm³/mol. The first kappa shape index (κ1) is 14.2. The van der Waals surface area contributed by atoms with E-state index in [4.69, 9.17) is 10.5 Å². The first-order valence-corrected chi connectivity index (χ1v) is 8.21. The number of nitrogens with one attached hydrogen (secondary N) is 2. The number of aromatic amines is 1. The highest BCUT2D eigenvalue weighted by atomic mass is 32.2. The molecular formula is C12H13N7O2S. The summed E-state index contributed by atoms with van der Waals surface area (Å²) in [7, 11) is -3.14. The minimum Gasteiger partial charge on any atom is -0.382 e.